The van der Waals surface area contributed by atoms with Crippen molar-refractivity contribution in [2.45, 2.75) is 13.8 Å². The molecule has 1 aromatic carbocycles. The van der Waals surface area contributed by atoms with Gasteiger partial charge in [0, 0.05) is 10.9 Å². The highest BCUT2D eigenvalue weighted by molar-refractivity contribution is 7.15. The molecule has 2 N–H and O–H groups in total. The molecular formula is C15H17N3O4S. The average Bonchev–Trinajstić information content (AvgIpc) is 2.84. The first kappa shape index (κ1) is 16.8. The van der Waals surface area contributed by atoms with E-state index in [1.165, 1.54) is 25.6 Å². The zero-order valence-electron chi connectivity index (χ0n) is 13.2. The lowest BCUT2D eigenvalue weighted by molar-refractivity contribution is -0.133. The molecule has 0 saturated heterocycles. The van der Waals surface area contributed by atoms with Gasteiger partial charge in [-0.1, -0.05) is 0 Å². The van der Waals surface area contributed by atoms with Crippen molar-refractivity contribution in [2.75, 3.05) is 24.9 Å². The van der Waals surface area contributed by atoms with E-state index in [0.29, 0.717) is 22.3 Å². The van der Waals surface area contributed by atoms with Crippen molar-refractivity contribution >= 4 is 34.0 Å². The van der Waals surface area contributed by atoms with E-state index < -0.39 is 11.8 Å². The number of hydrogen-bond donors (Lipinski definition) is 2. The number of hydrogen-bond acceptors (Lipinski definition) is 6. The maximum absolute atomic E-state index is 12.0. The molecule has 7 nitrogen and oxygen atoms in total. The van der Waals surface area contributed by atoms with E-state index in [4.69, 9.17) is 9.47 Å². The van der Waals surface area contributed by atoms with Gasteiger partial charge in [0.25, 0.3) is 0 Å². The predicted octanol–water partition coefficient (Wildman–Crippen LogP) is 2.35. The van der Waals surface area contributed by atoms with Gasteiger partial charge in [-0.05, 0) is 26.0 Å². The van der Waals surface area contributed by atoms with Crippen LogP contribution in [0.3, 0.4) is 0 Å². The number of nitrogens with one attached hydrogen (secondary N) is 2. The largest absolute Gasteiger partial charge is 0.497 e. The first-order valence-electron chi connectivity index (χ1n) is 6.73. The Morgan fingerprint density at radius 1 is 1.09 bits per heavy atom. The van der Waals surface area contributed by atoms with Crippen molar-refractivity contribution in [2.24, 2.45) is 0 Å². The van der Waals surface area contributed by atoms with Crippen LogP contribution in [0.5, 0.6) is 11.5 Å². The lowest BCUT2D eigenvalue weighted by Crippen LogP contribution is -2.29. The number of aryl methyl sites for hydroxylation is 2. The minimum absolute atomic E-state index is 0.346. The van der Waals surface area contributed by atoms with Crippen molar-refractivity contribution in [3.05, 3.63) is 28.8 Å². The third-order valence-electron chi connectivity index (χ3n) is 3.11. The molecule has 0 aliphatic heterocycles. The fraction of sp³-hybridized carbons (Fsp3) is 0.267. The lowest BCUT2D eigenvalue weighted by Gasteiger charge is -2.11. The molecule has 2 aromatic rings. The van der Waals surface area contributed by atoms with Crippen LogP contribution in [0, 0.1) is 13.8 Å². The summed E-state index contributed by atoms with van der Waals surface area (Å²) in [6.45, 7) is 3.73. The molecule has 0 saturated carbocycles. The highest BCUT2D eigenvalue weighted by atomic mass is 32.1. The molecule has 0 spiro atoms. The molecule has 0 atom stereocenters. The number of aromatic nitrogens is 1. The van der Waals surface area contributed by atoms with Crippen molar-refractivity contribution in [1.82, 2.24) is 4.98 Å². The molecular weight excluding hydrogens is 318 g/mol. The molecule has 23 heavy (non-hydrogen) atoms. The van der Waals surface area contributed by atoms with Crippen LogP contribution < -0.4 is 20.1 Å². The molecule has 0 unspecified atom stereocenters. The number of thiazole rings is 1. The molecule has 122 valence electrons. The van der Waals surface area contributed by atoms with Crippen LogP contribution in [0.25, 0.3) is 0 Å². The molecule has 2 rings (SSSR count). The summed E-state index contributed by atoms with van der Waals surface area (Å²) in [5.41, 5.74) is 1.17. The van der Waals surface area contributed by atoms with Gasteiger partial charge >= 0.3 is 11.8 Å². The summed E-state index contributed by atoms with van der Waals surface area (Å²) in [4.78, 5) is 29.1. The summed E-state index contributed by atoms with van der Waals surface area (Å²) in [5.74, 6) is -0.661. The number of methoxy groups -OCH3 is 2. The summed E-state index contributed by atoms with van der Waals surface area (Å²) >= 11 is 1.31. The fourth-order valence-electron chi connectivity index (χ4n) is 1.77. The van der Waals surface area contributed by atoms with Crippen LogP contribution in [0.1, 0.15) is 10.6 Å². The van der Waals surface area contributed by atoms with Crippen molar-refractivity contribution in [3.63, 3.8) is 0 Å². The zero-order chi connectivity index (χ0) is 17.0. The quantitative estimate of drug-likeness (QED) is 0.837. The first-order valence-corrected chi connectivity index (χ1v) is 7.54. The molecule has 1 heterocycles. The van der Waals surface area contributed by atoms with Crippen molar-refractivity contribution < 1.29 is 19.1 Å². The molecule has 0 fully saturated rings. The molecule has 0 aliphatic carbocycles. The van der Waals surface area contributed by atoms with E-state index in [1.807, 2.05) is 13.8 Å². The Balaban J connectivity index is 2.10. The van der Waals surface area contributed by atoms with Gasteiger partial charge in [-0.3, -0.25) is 14.9 Å². The summed E-state index contributed by atoms with van der Waals surface area (Å²) < 4.78 is 10.2. The van der Waals surface area contributed by atoms with Crippen LogP contribution in [0.2, 0.25) is 0 Å². The van der Waals surface area contributed by atoms with E-state index in [2.05, 4.69) is 15.6 Å². The maximum atomic E-state index is 12.0. The summed E-state index contributed by atoms with van der Waals surface area (Å²) in [7, 11) is 2.98. The van der Waals surface area contributed by atoms with Gasteiger partial charge in [0.05, 0.1) is 25.6 Å². The third kappa shape index (κ3) is 3.98. The number of ether oxygens (including phenoxy) is 2. The lowest BCUT2D eigenvalue weighted by atomic mass is 10.2. The average molecular weight is 335 g/mol. The van der Waals surface area contributed by atoms with E-state index in [0.717, 1.165) is 10.6 Å². The van der Waals surface area contributed by atoms with Gasteiger partial charge in [-0.2, -0.15) is 0 Å². The smallest absolute Gasteiger partial charge is 0.315 e. The molecule has 2 amide bonds. The zero-order valence-corrected chi connectivity index (χ0v) is 14.0. The van der Waals surface area contributed by atoms with Gasteiger partial charge in [0.15, 0.2) is 5.13 Å². The first-order chi connectivity index (χ1) is 10.9. The molecule has 1 aromatic heterocycles. The Labute approximate surface area is 137 Å². The Hall–Kier alpha value is -2.61. The van der Waals surface area contributed by atoms with Crippen LogP contribution in [-0.4, -0.2) is 31.0 Å². The minimum Gasteiger partial charge on any atom is -0.497 e. The molecule has 8 heteroatoms. The van der Waals surface area contributed by atoms with Gasteiger partial charge in [0.1, 0.15) is 11.5 Å². The summed E-state index contributed by atoms with van der Waals surface area (Å²) in [5, 5.41) is 5.36. The van der Waals surface area contributed by atoms with Crippen LogP contribution in [0.4, 0.5) is 10.8 Å². The Bertz CT molecular complexity index is 723. The molecule has 0 bridgehead atoms. The van der Waals surface area contributed by atoms with E-state index in [-0.39, 0.29) is 0 Å². The number of rotatable bonds is 4. The highest BCUT2D eigenvalue weighted by Crippen LogP contribution is 2.29. The van der Waals surface area contributed by atoms with Gasteiger partial charge in [0.2, 0.25) is 0 Å². The number of amides is 2. The molecule has 0 radical (unpaired) electrons. The number of carbonyl (C=O) groups excluding carboxylic acids is 2. The highest BCUT2D eigenvalue weighted by Gasteiger charge is 2.18. The maximum Gasteiger partial charge on any atom is 0.315 e. The third-order valence-corrected chi connectivity index (χ3v) is 4.10. The summed E-state index contributed by atoms with van der Waals surface area (Å²) in [6.07, 6.45) is 0. The minimum atomic E-state index is -0.818. The number of anilines is 2. The Morgan fingerprint density at radius 3 is 2.35 bits per heavy atom. The number of carbonyl (C=O) groups is 2. The van der Waals surface area contributed by atoms with E-state index in [1.54, 1.807) is 18.2 Å². The summed E-state index contributed by atoms with van der Waals surface area (Å²) in [6, 6.07) is 4.90. The second-order valence-corrected chi connectivity index (χ2v) is 5.84. The second-order valence-electron chi connectivity index (χ2n) is 4.64. The van der Waals surface area contributed by atoms with Gasteiger partial charge < -0.3 is 14.8 Å². The van der Waals surface area contributed by atoms with E-state index in [9.17, 15) is 9.59 Å². The Morgan fingerprint density at radius 2 is 1.78 bits per heavy atom. The SMILES string of the molecule is COc1ccc(OC)c(NC(=O)C(=O)Nc2nc(C)c(C)s2)c1. The topological polar surface area (TPSA) is 89.5 Å². The van der Waals surface area contributed by atoms with Crippen molar-refractivity contribution in [1.29, 1.82) is 0 Å². The molecule has 0 aliphatic rings. The fourth-order valence-corrected chi connectivity index (χ4v) is 2.58. The van der Waals surface area contributed by atoms with Gasteiger partial charge in [-0.15, -0.1) is 11.3 Å². The van der Waals surface area contributed by atoms with Crippen LogP contribution in [0.15, 0.2) is 18.2 Å². The standard InChI is InChI=1S/C15H17N3O4S/c1-8-9(2)23-15(16-8)18-14(20)13(19)17-11-7-10(21-3)5-6-12(11)22-4/h5-7H,1-4H3,(H,17,19)(H,16,18,20). The normalized spacial score (nSPS) is 10.1. The van der Waals surface area contributed by atoms with Crippen LogP contribution >= 0.6 is 11.3 Å². The van der Waals surface area contributed by atoms with Crippen LogP contribution in [-0.2, 0) is 9.59 Å². The second kappa shape index (κ2) is 7.10. The number of nitrogens with zero attached hydrogens (tertiary/aromatic N) is 1. The van der Waals surface area contributed by atoms with Crippen molar-refractivity contribution in [3.8, 4) is 11.5 Å². The predicted molar refractivity (Wildman–Crippen MR) is 88.4 cm³/mol. The number of benzene rings is 1. The Kier molecular flexibility index (Phi) is 5.17. The monoisotopic (exact) mass is 335 g/mol. The van der Waals surface area contributed by atoms with E-state index >= 15 is 0 Å². The van der Waals surface area contributed by atoms with Gasteiger partial charge in [-0.25, -0.2) is 4.98 Å².